The zero-order valence-corrected chi connectivity index (χ0v) is 22.0. The molecule has 0 aliphatic carbocycles. The van der Waals surface area contributed by atoms with Gasteiger partial charge in [-0.05, 0) is 61.6 Å². The van der Waals surface area contributed by atoms with Crippen LogP contribution in [-0.2, 0) is 4.74 Å². The maximum Gasteiger partial charge on any atom is 0.338 e. The second-order valence-corrected chi connectivity index (χ2v) is 9.15. The van der Waals surface area contributed by atoms with Crippen LogP contribution in [0.4, 0.5) is 0 Å². The molecule has 3 heteroatoms. The van der Waals surface area contributed by atoms with Crippen LogP contribution in [0.1, 0.15) is 108 Å². The molecule has 0 N–H and O–H groups in total. The van der Waals surface area contributed by atoms with Crippen LogP contribution in [0.15, 0.2) is 48.5 Å². The Hall–Kier alpha value is -2.73. The first-order valence-electron chi connectivity index (χ1n) is 13.6. The standard InChI is InChI=1S/C32H44O3/c1-3-5-7-9-10-11-12-13-15-17-27-35-32(33)30-20-18-28(19-21-30)29-22-24-31(25-23-29)34-26-16-14-8-6-4-2/h18-25H,4,6-17,26-27H2,1-2H3. The minimum atomic E-state index is -0.240. The van der Waals surface area contributed by atoms with E-state index in [4.69, 9.17) is 9.47 Å². The van der Waals surface area contributed by atoms with Crippen LogP contribution in [0, 0.1) is 11.8 Å². The molecule has 3 nitrogen and oxygen atoms in total. The summed E-state index contributed by atoms with van der Waals surface area (Å²) in [7, 11) is 0. The molecule has 0 saturated carbocycles. The lowest BCUT2D eigenvalue weighted by Crippen LogP contribution is -2.06. The highest BCUT2D eigenvalue weighted by Crippen LogP contribution is 2.23. The minimum absolute atomic E-state index is 0.240. The van der Waals surface area contributed by atoms with E-state index in [-0.39, 0.29) is 5.97 Å². The predicted octanol–water partition coefficient (Wildman–Crippen LogP) is 9.00. The second-order valence-electron chi connectivity index (χ2n) is 9.15. The van der Waals surface area contributed by atoms with Gasteiger partial charge in [0.2, 0.25) is 0 Å². The van der Waals surface area contributed by atoms with Crippen LogP contribution < -0.4 is 4.74 Å². The van der Waals surface area contributed by atoms with Crippen LogP contribution >= 0.6 is 0 Å². The molecule has 2 aromatic rings. The fourth-order valence-electron chi connectivity index (χ4n) is 4.01. The van der Waals surface area contributed by atoms with Gasteiger partial charge in [-0.25, -0.2) is 4.79 Å². The monoisotopic (exact) mass is 476 g/mol. The highest BCUT2D eigenvalue weighted by molar-refractivity contribution is 5.90. The van der Waals surface area contributed by atoms with E-state index in [0.717, 1.165) is 49.2 Å². The summed E-state index contributed by atoms with van der Waals surface area (Å²) in [4.78, 5) is 12.3. The third kappa shape index (κ3) is 12.5. The number of carbonyl (C=O) groups is 1. The molecule has 0 aliphatic rings. The van der Waals surface area contributed by atoms with Gasteiger partial charge in [0, 0.05) is 6.42 Å². The van der Waals surface area contributed by atoms with Crippen LogP contribution in [0.5, 0.6) is 5.75 Å². The van der Waals surface area contributed by atoms with Crippen molar-refractivity contribution in [3.8, 4) is 28.7 Å². The largest absolute Gasteiger partial charge is 0.494 e. The van der Waals surface area contributed by atoms with Crippen molar-refractivity contribution in [1.29, 1.82) is 0 Å². The van der Waals surface area contributed by atoms with E-state index >= 15 is 0 Å². The van der Waals surface area contributed by atoms with Crippen LogP contribution in [0.25, 0.3) is 11.1 Å². The first-order valence-corrected chi connectivity index (χ1v) is 13.6. The molecule has 2 aromatic carbocycles. The van der Waals surface area contributed by atoms with Gasteiger partial charge in [-0.3, -0.25) is 0 Å². The number of carbonyl (C=O) groups excluding carboxylic acids is 1. The molecular weight excluding hydrogens is 432 g/mol. The van der Waals surface area contributed by atoms with Gasteiger partial charge in [-0.1, -0.05) is 89.0 Å². The van der Waals surface area contributed by atoms with E-state index in [0.29, 0.717) is 12.2 Å². The van der Waals surface area contributed by atoms with E-state index in [1.165, 1.54) is 57.8 Å². The Morgan fingerprint density at radius 3 is 1.86 bits per heavy atom. The summed E-state index contributed by atoms with van der Waals surface area (Å²) in [5.74, 6) is 6.72. The van der Waals surface area contributed by atoms with Crippen molar-refractivity contribution < 1.29 is 14.3 Å². The van der Waals surface area contributed by atoms with E-state index in [9.17, 15) is 4.79 Å². The molecule has 0 fully saturated rings. The summed E-state index contributed by atoms with van der Waals surface area (Å²) in [5, 5.41) is 0. The summed E-state index contributed by atoms with van der Waals surface area (Å²) in [6.45, 7) is 5.39. The fraction of sp³-hybridized carbons (Fsp3) is 0.531. The lowest BCUT2D eigenvalue weighted by atomic mass is 10.0. The van der Waals surface area contributed by atoms with Gasteiger partial charge in [0.05, 0.1) is 18.8 Å². The first kappa shape index (κ1) is 28.5. The third-order valence-corrected chi connectivity index (χ3v) is 6.18. The van der Waals surface area contributed by atoms with Gasteiger partial charge in [0.15, 0.2) is 0 Å². The van der Waals surface area contributed by atoms with Gasteiger partial charge < -0.3 is 9.47 Å². The van der Waals surface area contributed by atoms with Crippen molar-refractivity contribution in [2.75, 3.05) is 13.2 Å². The molecule has 0 aliphatic heterocycles. The molecule has 0 saturated heterocycles. The molecule has 0 spiro atoms. The summed E-state index contributed by atoms with van der Waals surface area (Å²) >= 11 is 0. The zero-order chi connectivity index (χ0) is 25.0. The SMILES string of the molecule is CC#CCCCCCCCCCOC(=O)c1ccc(-c2ccc(OCCCCCCC)cc2)cc1. The maximum atomic E-state index is 12.3. The molecule has 0 radical (unpaired) electrons. The van der Waals surface area contributed by atoms with Crippen LogP contribution in [0.2, 0.25) is 0 Å². The van der Waals surface area contributed by atoms with E-state index in [1.807, 2.05) is 43.3 Å². The molecule has 0 unspecified atom stereocenters. The van der Waals surface area contributed by atoms with Crippen molar-refractivity contribution in [2.24, 2.45) is 0 Å². The Morgan fingerprint density at radius 2 is 1.23 bits per heavy atom. The van der Waals surface area contributed by atoms with Gasteiger partial charge in [-0.15, -0.1) is 11.8 Å². The van der Waals surface area contributed by atoms with E-state index < -0.39 is 0 Å². The Labute approximate surface area is 213 Å². The molecule has 0 heterocycles. The molecule has 0 amide bonds. The summed E-state index contributed by atoms with van der Waals surface area (Å²) < 4.78 is 11.3. The molecule has 190 valence electrons. The predicted molar refractivity (Wildman–Crippen MR) is 147 cm³/mol. The lowest BCUT2D eigenvalue weighted by Gasteiger charge is -2.08. The van der Waals surface area contributed by atoms with Gasteiger partial charge in [-0.2, -0.15) is 0 Å². The van der Waals surface area contributed by atoms with E-state index in [1.54, 1.807) is 0 Å². The second kappa shape index (κ2) is 18.6. The number of unbranched alkanes of at least 4 members (excludes halogenated alkanes) is 11. The van der Waals surface area contributed by atoms with E-state index in [2.05, 4.69) is 30.9 Å². The average Bonchev–Trinajstić information content (AvgIpc) is 2.89. The molecule has 0 bridgehead atoms. The number of hydrogen-bond acceptors (Lipinski definition) is 3. The van der Waals surface area contributed by atoms with Crippen molar-refractivity contribution in [3.63, 3.8) is 0 Å². The highest BCUT2D eigenvalue weighted by atomic mass is 16.5. The topological polar surface area (TPSA) is 35.5 Å². The van der Waals surface area contributed by atoms with Crippen molar-refractivity contribution >= 4 is 5.97 Å². The summed E-state index contributed by atoms with van der Waals surface area (Å²) in [6, 6.07) is 15.8. The van der Waals surface area contributed by atoms with Crippen LogP contribution in [-0.4, -0.2) is 19.2 Å². The number of rotatable bonds is 18. The maximum absolute atomic E-state index is 12.3. The van der Waals surface area contributed by atoms with Crippen molar-refractivity contribution in [3.05, 3.63) is 54.1 Å². The fourth-order valence-corrected chi connectivity index (χ4v) is 4.01. The van der Waals surface area contributed by atoms with Crippen molar-refractivity contribution in [2.45, 2.75) is 97.3 Å². The third-order valence-electron chi connectivity index (χ3n) is 6.18. The molecule has 0 aromatic heterocycles. The number of esters is 1. The molecule has 35 heavy (non-hydrogen) atoms. The van der Waals surface area contributed by atoms with Crippen molar-refractivity contribution in [1.82, 2.24) is 0 Å². The number of hydrogen-bond donors (Lipinski definition) is 0. The quantitative estimate of drug-likeness (QED) is 0.122. The van der Waals surface area contributed by atoms with Gasteiger partial charge in [0.1, 0.15) is 5.75 Å². The highest BCUT2D eigenvalue weighted by Gasteiger charge is 2.07. The number of benzene rings is 2. The Balaban J connectivity index is 1.62. The lowest BCUT2D eigenvalue weighted by molar-refractivity contribution is 0.0497. The molecule has 0 atom stereocenters. The Morgan fingerprint density at radius 1 is 0.686 bits per heavy atom. The summed E-state index contributed by atoms with van der Waals surface area (Å²) in [6.07, 6.45) is 15.5. The zero-order valence-electron chi connectivity index (χ0n) is 22.0. The summed E-state index contributed by atoms with van der Waals surface area (Å²) in [5.41, 5.74) is 2.79. The number of ether oxygens (including phenoxy) is 2. The smallest absolute Gasteiger partial charge is 0.338 e. The Kier molecular flexibility index (Phi) is 15.1. The molecule has 2 rings (SSSR count). The Bertz CT molecular complexity index is 872. The van der Waals surface area contributed by atoms with Gasteiger partial charge >= 0.3 is 5.97 Å². The van der Waals surface area contributed by atoms with Gasteiger partial charge in [0.25, 0.3) is 0 Å². The first-order chi connectivity index (χ1) is 17.2. The normalized spacial score (nSPS) is 10.5. The molecular formula is C32H44O3. The minimum Gasteiger partial charge on any atom is -0.494 e. The van der Waals surface area contributed by atoms with Crippen LogP contribution in [0.3, 0.4) is 0 Å². The average molecular weight is 477 g/mol.